The van der Waals surface area contributed by atoms with Crippen LogP contribution in [0.1, 0.15) is 111 Å². The third kappa shape index (κ3) is 7.91. The van der Waals surface area contributed by atoms with Crippen LogP contribution in [0.5, 0.6) is 0 Å². The zero-order chi connectivity index (χ0) is 43.8. The number of para-hydroxylation sites is 1. The van der Waals surface area contributed by atoms with Gasteiger partial charge in [0.05, 0.1) is 10.2 Å². The minimum Gasteiger partial charge on any atom is -0.476 e. The molecule has 14 nitrogen and oxygen atoms in total. The molecule has 0 spiro atoms. The maximum absolute atomic E-state index is 14.0. The third-order valence-corrected chi connectivity index (χ3v) is 14.1. The number of hydrogen-bond donors (Lipinski definition) is 4. The number of carbonyl (C=O) groups is 4. The summed E-state index contributed by atoms with van der Waals surface area (Å²) < 4.78 is 8.43. The van der Waals surface area contributed by atoms with Gasteiger partial charge in [-0.2, -0.15) is 5.10 Å². The summed E-state index contributed by atoms with van der Waals surface area (Å²) >= 11 is 1.43. The molecule has 4 aliphatic carbocycles. The number of nitrogens with one attached hydrogen (secondary N) is 3. The number of carbonyl (C=O) groups excluding carboxylic acids is 3. The van der Waals surface area contributed by atoms with Gasteiger partial charge in [-0.25, -0.2) is 19.6 Å². The van der Waals surface area contributed by atoms with Crippen LogP contribution in [0.25, 0.3) is 21.3 Å². The van der Waals surface area contributed by atoms with E-state index in [1.54, 1.807) is 32.9 Å². The van der Waals surface area contributed by atoms with Gasteiger partial charge in [-0.15, -0.1) is 0 Å². The van der Waals surface area contributed by atoms with Gasteiger partial charge in [0.25, 0.3) is 5.91 Å². The molecule has 4 saturated carbocycles. The van der Waals surface area contributed by atoms with Crippen molar-refractivity contribution in [3.8, 4) is 11.1 Å². The highest BCUT2D eigenvalue weighted by atomic mass is 32.1. The van der Waals surface area contributed by atoms with Gasteiger partial charge in [0, 0.05) is 53.8 Å². The second kappa shape index (κ2) is 14.9. The molecule has 0 radical (unpaired) electrons. The molecule has 5 aliphatic rings. The molecule has 4 heterocycles. The predicted molar refractivity (Wildman–Crippen MR) is 237 cm³/mol. The fraction of sp³-hybridized carbons (Fsp3) is 0.468. The van der Waals surface area contributed by atoms with Crippen LogP contribution in [0.4, 0.5) is 15.7 Å². The van der Waals surface area contributed by atoms with Gasteiger partial charge in [-0.05, 0) is 124 Å². The van der Waals surface area contributed by atoms with Crippen molar-refractivity contribution in [2.75, 3.05) is 23.3 Å². The number of hydrogen-bond acceptors (Lipinski definition) is 10. The molecule has 4 N–H and O–H groups in total. The van der Waals surface area contributed by atoms with Crippen molar-refractivity contribution in [2.24, 2.45) is 16.2 Å². The van der Waals surface area contributed by atoms with Gasteiger partial charge in [0.2, 0.25) is 5.91 Å². The molecule has 2 unspecified atom stereocenters. The second-order valence-electron chi connectivity index (χ2n) is 20.1. The van der Waals surface area contributed by atoms with E-state index in [1.807, 2.05) is 43.3 Å². The standard InChI is InChI=1S/C47H54N8O6S/c1-28-36(31-13-10-17-48-37(31)40(58)59)38(54-18-16-29-11-9-12-30(32(29)20-54)39(57)51-41-50-33-14-7-8-15-34(33)62-41)53-55(28)27-46-22-44(5)21-45(6,23-46)25-47(24-44,26-46)52-35(56)19-49-42(60)61-43(2,3)4/h7-15,17H,16,18-27H2,1-6H3,(H,49,60)(H,52,56)(H,58,59)(H,50,51,57). The molecule has 0 saturated heterocycles. The van der Waals surface area contributed by atoms with Crippen LogP contribution in [0.2, 0.25) is 0 Å². The summed E-state index contributed by atoms with van der Waals surface area (Å²) in [5, 5.41) is 25.4. The first-order valence-electron chi connectivity index (χ1n) is 21.4. The van der Waals surface area contributed by atoms with Crippen LogP contribution in [0, 0.1) is 23.2 Å². The lowest BCUT2D eigenvalue weighted by molar-refractivity contribution is -0.174. The summed E-state index contributed by atoms with van der Waals surface area (Å²) in [5.41, 5.74) is 3.89. The Morgan fingerprint density at radius 1 is 0.935 bits per heavy atom. The van der Waals surface area contributed by atoms with Crippen molar-refractivity contribution in [1.82, 2.24) is 30.4 Å². The summed E-state index contributed by atoms with van der Waals surface area (Å²) in [6.45, 7) is 13.4. The number of aromatic carboxylic acids is 1. The number of carboxylic acid groups (broad SMARTS) is 1. The zero-order valence-electron chi connectivity index (χ0n) is 36.2. The number of benzene rings is 2. The quantitative estimate of drug-likeness (QED) is 0.107. The Labute approximate surface area is 364 Å². The molecule has 2 aromatic carbocycles. The third-order valence-electron chi connectivity index (χ3n) is 13.2. The van der Waals surface area contributed by atoms with Crippen LogP contribution in [-0.4, -0.2) is 73.0 Å². The van der Waals surface area contributed by atoms with Crippen molar-refractivity contribution in [1.29, 1.82) is 0 Å². The minimum atomic E-state index is -1.13. The average Bonchev–Trinajstić information content (AvgIpc) is 3.73. The number of pyridine rings is 1. The first kappa shape index (κ1) is 41.5. The Morgan fingerprint density at radius 2 is 1.69 bits per heavy atom. The lowest BCUT2D eigenvalue weighted by Crippen LogP contribution is -2.69. The predicted octanol–water partition coefficient (Wildman–Crippen LogP) is 8.14. The van der Waals surface area contributed by atoms with E-state index in [2.05, 4.69) is 55.4 Å². The van der Waals surface area contributed by atoms with Crippen molar-refractivity contribution >= 4 is 56.4 Å². The first-order valence-corrected chi connectivity index (χ1v) is 22.2. The summed E-state index contributed by atoms with van der Waals surface area (Å²) in [6, 6.07) is 17.2. The Bertz CT molecular complexity index is 2590. The topological polar surface area (TPSA) is 181 Å². The number of carboxylic acids is 1. The van der Waals surface area contributed by atoms with Crippen LogP contribution in [0.3, 0.4) is 0 Å². The van der Waals surface area contributed by atoms with Crippen molar-refractivity contribution in [3.63, 3.8) is 0 Å². The fourth-order valence-corrected chi connectivity index (χ4v) is 13.3. The highest BCUT2D eigenvalue weighted by molar-refractivity contribution is 7.22. The smallest absolute Gasteiger partial charge is 0.408 e. The van der Waals surface area contributed by atoms with Crippen LogP contribution >= 0.6 is 11.3 Å². The molecule has 2 atom stereocenters. The number of nitrogens with zero attached hydrogens (tertiary/aromatic N) is 5. The Morgan fingerprint density at radius 3 is 2.42 bits per heavy atom. The van der Waals surface area contributed by atoms with Gasteiger partial charge in [0.1, 0.15) is 12.1 Å². The molecule has 3 amide bonds. The highest BCUT2D eigenvalue weighted by Gasteiger charge is 2.66. The molecule has 324 valence electrons. The molecule has 4 fully saturated rings. The molecule has 10 rings (SSSR count). The zero-order valence-corrected chi connectivity index (χ0v) is 37.0. The van der Waals surface area contributed by atoms with Gasteiger partial charge in [-0.3, -0.25) is 19.6 Å². The molecule has 3 aromatic heterocycles. The monoisotopic (exact) mass is 858 g/mol. The number of anilines is 2. The first-order chi connectivity index (χ1) is 29.3. The second-order valence-corrected chi connectivity index (χ2v) is 21.1. The molecule has 5 aromatic rings. The van der Waals surface area contributed by atoms with Gasteiger partial charge in [-0.1, -0.05) is 55.5 Å². The number of amides is 3. The maximum Gasteiger partial charge on any atom is 0.408 e. The molecular formula is C47H54N8O6S. The lowest BCUT2D eigenvalue weighted by Gasteiger charge is -2.69. The van der Waals surface area contributed by atoms with E-state index in [-0.39, 0.29) is 40.3 Å². The summed E-state index contributed by atoms with van der Waals surface area (Å²) in [7, 11) is 0. The molecule has 1 aliphatic heterocycles. The van der Waals surface area contributed by atoms with Crippen molar-refractivity contribution in [2.45, 2.75) is 111 Å². The summed E-state index contributed by atoms with van der Waals surface area (Å²) in [4.78, 5) is 63.8. The fourth-order valence-electron chi connectivity index (χ4n) is 12.4. The van der Waals surface area contributed by atoms with E-state index in [4.69, 9.17) is 9.84 Å². The van der Waals surface area contributed by atoms with Gasteiger partial charge >= 0.3 is 12.1 Å². The molecule has 62 heavy (non-hydrogen) atoms. The highest BCUT2D eigenvalue weighted by Crippen LogP contribution is 2.71. The maximum atomic E-state index is 14.0. The Balaban J connectivity index is 1.04. The van der Waals surface area contributed by atoms with E-state index in [0.29, 0.717) is 53.7 Å². The number of ether oxygens (including phenoxy) is 1. The summed E-state index contributed by atoms with van der Waals surface area (Å²) in [5.74, 6) is -0.965. The van der Waals surface area contributed by atoms with E-state index in [0.717, 1.165) is 65.6 Å². The minimum absolute atomic E-state index is 0.0270. The average molecular weight is 859 g/mol. The number of fused-ring (bicyclic) bond motifs is 2. The summed E-state index contributed by atoms with van der Waals surface area (Å²) in [6.07, 6.45) is 6.97. The molecule has 15 heteroatoms. The SMILES string of the molecule is Cc1c(-c2cccnc2C(=O)O)c(N2CCc3cccc(C(=O)Nc4nc5ccccc5s4)c3C2)nn1CC12CC3(C)CC(C)(C1)CC(NC(=O)CNC(=O)OC(C)(C)C)(C3)C2. The number of thiazole rings is 1. The molecular weight excluding hydrogens is 805 g/mol. The van der Waals surface area contributed by atoms with E-state index < -0.39 is 23.2 Å². The number of rotatable bonds is 10. The largest absolute Gasteiger partial charge is 0.476 e. The van der Waals surface area contributed by atoms with E-state index in [9.17, 15) is 24.3 Å². The van der Waals surface area contributed by atoms with E-state index >= 15 is 0 Å². The van der Waals surface area contributed by atoms with Crippen molar-refractivity contribution < 1.29 is 29.0 Å². The van der Waals surface area contributed by atoms with Crippen LogP contribution < -0.4 is 20.9 Å². The van der Waals surface area contributed by atoms with Crippen LogP contribution in [-0.2, 0) is 29.0 Å². The number of alkyl carbamates (subject to hydrolysis) is 1. The molecule has 4 bridgehead atoms. The van der Waals surface area contributed by atoms with Crippen LogP contribution in [0.15, 0.2) is 60.8 Å². The lowest BCUT2D eigenvalue weighted by atomic mass is 9.38. The number of aromatic nitrogens is 4. The Hall–Kier alpha value is -5.83. The Kier molecular flexibility index (Phi) is 9.99. The van der Waals surface area contributed by atoms with Crippen molar-refractivity contribution in [3.05, 3.63) is 88.9 Å². The van der Waals surface area contributed by atoms with E-state index in [1.165, 1.54) is 17.5 Å². The van der Waals surface area contributed by atoms with Gasteiger partial charge in [0.15, 0.2) is 16.6 Å². The normalized spacial score (nSPS) is 25.0. The van der Waals surface area contributed by atoms with Gasteiger partial charge < -0.3 is 25.4 Å².